The molecular weight excluding hydrogens is 480 g/mol. The number of rotatable bonds is 4. The Labute approximate surface area is 188 Å². The van der Waals surface area contributed by atoms with Crippen LogP contribution >= 0.6 is 15.9 Å². The van der Waals surface area contributed by atoms with Gasteiger partial charge in [-0.25, -0.2) is 13.0 Å². The predicted octanol–water partition coefficient (Wildman–Crippen LogP) is 3.59. The van der Waals surface area contributed by atoms with Crippen molar-refractivity contribution < 1.29 is 13.0 Å². The molecule has 0 aliphatic rings. The fourth-order valence-corrected chi connectivity index (χ4v) is 5.29. The number of nitrogen functional groups attached to an aromatic ring is 1. The summed E-state index contributed by atoms with van der Waals surface area (Å²) < 4.78 is 30.8. The van der Waals surface area contributed by atoms with Crippen LogP contribution in [0.2, 0.25) is 0 Å². The van der Waals surface area contributed by atoms with Gasteiger partial charge in [-0.3, -0.25) is 9.20 Å². The molecular formula is C22H22BrN4O3S+. The van der Waals surface area contributed by atoms with Gasteiger partial charge in [-0.15, -0.1) is 0 Å². The van der Waals surface area contributed by atoms with Gasteiger partial charge < -0.3 is 5.73 Å². The lowest BCUT2D eigenvalue weighted by Crippen LogP contribution is -2.44. The lowest BCUT2D eigenvalue weighted by Gasteiger charge is -2.17. The van der Waals surface area contributed by atoms with E-state index in [0.29, 0.717) is 17.7 Å². The van der Waals surface area contributed by atoms with Gasteiger partial charge in [-0.05, 0) is 56.7 Å². The Morgan fingerprint density at radius 1 is 1.23 bits per heavy atom. The van der Waals surface area contributed by atoms with Crippen molar-refractivity contribution in [3.05, 3.63) is 69.1 Å². The lowest BCUT2D eigenvalue weighted by molar-refractivity contribution is -0.684. The molecule has 0 aliphatic carbocycles. The van der Waals surface area contributed by atoms with Crippen LogP contribution in [0.1, 0.15) is 31.9 Å². The summed E-state index contributed by atoms with van der Waals surface area (Å²) in [6, 6.07) is 11.1. The van der Waals surface area contributed by atoms with E-state index < -0.39 is 9.84 Å². The Hall–Kier alpha value is -2.78. The van der Waals surface area contributed by atoms with E-state index in [0.717, 1.165) is 10.0 Å². The fourth-order valence-electron chi connectivity index (χ4n) is 3.63. The second kappa shape index (κ2) is 7.72. The third-order valence-corrected chi connectivity index (χ3v) is 7.85. The summed E-state index contributed by atoms with van der Waals surface area (Å²) >= 11 is 3.32. The Morgan fingerprint density at radius 3 is 2.55 bits per heavy atom. The summed E-state index contributed by atoms with van der Waals surface area (Å²) in [7, 11) is -3.96. The first kappa shape index (κ1) is 21.5. The quantitative estimate of drug-likeness (QED) is 0.340. The van der Waals surface area contributed by atoms with Crippen molar-refractivity contribution in [2.45, 2.75) is 43.0 Å². The molecule has 0 spiro atoms. The number of nitrogens with zero attached hydrogens (tertiary/aromatic N) is 3. The number of aromatic nitrogens is 3. The lowest BCUT2D eigenvalue weighted by atomic mass is 10.2. The molecule has 3 aromatic heterocycles. The topological polar surface area (TPSA) is 98.4 Å². The first-order valence-corrected chi connectivity index (χ1v) is 12.1. The largest absolute Gasteiger partial charge is 0.317 e. The monoisotopic (exact) mass is 501 g/mol. The van der Waals surface area contributed by atoms with Gasteiger partial charge in [-0.1, -0.05) is 33.9 Å². The number of pyridine rings is 2. The molecule has 4 rings (SSSR count). The van der Waals surface area contributed by atoms with Crippen LogP contribution in [-0.2, 0) is 9.84 Å². The number of hydrogen-bond donors (Lipinski definition) is 1. The average Bonchev–Trinajstić information content (AvgIpc) is 2.74. The molecule has 0 saturated heterocycles. The SMILES string of the molecule is CC[C@@H](C)[n+]1c(N)c(S(=O)(=O)c2ccc(Br)cc2)cc2c(=O)n3cccc(C)c3nc21. The molecule has 0 unspecified atom stereocenters. The molecule has 0 saturated carbocycles. The minimum absolute atomic E-state index is 0.0644. The fraction of sp³-hybridized carbons (Fsp3) is 0.227. The standard InChI is InChI=1S/C22H21BrN4O3S/c1-4-14(3)27-19(24)18(31(29,30)16-9-7-15(23)8-10-16)12-17-21(27)25-20-13(2)6-5-11-26(20)22(17)28/h5-12,14,24H,4H2,1-3H3/p+1/t14-/m1/s1. The van der Waals surface area contributed by atoms with E-state index in [9.17, 15) is 13.2 Å². The third kappa shape index (κ3) is 3.41. The molecule has 7 nitrogen and oxygen atoms in total. The van der Waals surface area contributed by atoms with Crippen molar-refractivity contribution in [2.75, 3.05) is 5.73 Å². The van der Waals surface area contributed by atoms with Crippen LogP contribution in [0.3, 0.4) is 0 Å². The van der Waals surface area contributed by atoms with E-state index >= 15 is 0 Å². The van der Waals surface area contributed by atoms with Crippen LogP contribution in [0.15, 0.2) is 67.7 Å². The zero-order valence-electron chi connectivity index (χ0n) is 17.3. The molecule has 31 heavy (non-hydrogen) atoms. The van der Waals surface area contributed by atoms with E-state index in [1.54, 1.807) is 29.0 Å². The second-order valence-electron chi connectivity index (χ2n) is 7.52. The maximum Gasteiger partial charge on any atom is 0.278 e. The molecule has 0 amide bonds. The van der Waals surface area contributed by atoms with Crippen molar-refractivity contribution >= 4 is 48.3 Å². The minimum atomic E-state index is -3.96. The summed E-state index contributed by atoms with van der Waals surface area (Å²) in [6.07, 6.45) is 2.31. The molecule has 3 heterocycles. The number of hydrogen-bond acceptors (Lipinski definition) is 5. The van der Waals surface area contributed by atoms with Crippen molar-refractivity contribution in [3.8, 4) is 0 Å². The first-order valence-electron chi connectivity index (χ1n) is 9.83. The van der Waals surface area contributed by atoms with Crippen molar-refractivity contribution in [1.29, 1.82) is 0 Å². The number of fused-ring (bicyclic) bond motifs is 2. The first-order chi connectivity index (χ1) is 14.7. The Balaban J connectivity index is 2.17. The van der Waals surface area contributed by atoms with Crippen LogP contribution in [0.5, 0.6) is 0 Å². The molecule has 0 radical (unpaired) electrons. The second-order valence-corrected chi connectivity index (χ2v) is 10.4. The van der Waals surface area contributed by atoms with Crippen LogP contribution < -0.4 is 15.9 Å². The summed E-state index contributed by atoms with van der Waals surface area (Å²) in [6.45, 7) is 5.77. The summed E-state index contributed by atoms with van der Waals surface area (Å²) in [5.41, 5.74) is 7.82. The van der Waals surface area contributed by atoms with E-state index in [4.69, 9.17) is 10.7 Å². The molecule has 160 valence electrons. The highest BCUT2D eigenvalue weighted by atomic mass is 79.9. The van der Waals surface area contributed by atoms with Gasteiger partial charge in [0, 0.05) is 16.2 Å². The van der Waals surface area contributed by atoms with Gasteiger partial charge in [0.05, 0.1) is 10.9 Å². The molecule has 0 fully saturated rings. The molecule has 0 bridgehead atoms. The van der Waals surface area contributed by atoms with E-state index in [-0.39, 0.29) is 32.6 Å². The average molecular weight is 502 g/mol. The van der Waals surface area contributed by atoms with Crippen LogP contribution in [0.25, 0.3) is 16.7 Å². The van der Waals surface area contributed by atoms with Gasteiger partial charge in [0.1, 0.15) is 10.3 Å². The highest BCUT2D eigenvalue weighted by Gasteiger charge is 2.31. The Kier molecular flexibility index (Phi) is 5.35. The number of halogens is 1. The maximum absolute atomic E-state index is 13.5. The van der Waals surface area contributed by atoms with Crippen LogP contribution in [0.4, 0.5) is 5.82 Å². The number of aryl methyl sites for hydroxylation is 1. The minimum Gasteiger partial charge on any atom is -0.317 e. The highest BCUT2D eigenvalue weighted by Crippen LogP contribution is 2.28. The molecule has 4 aromatic rings. The molecule has 0 aliphatic heterocycles. The van der Waals surface area contributed by atoms with Gasteiger partial charge >= 0.3 is 0 Å². The summed E-state index contributed by atoms with van der Waals surface area (Å²) in [5, 5.41) is 0.202. The normalized spacial score (nSPS) is 13.0. The Bertz CT molecular complexity index is 1500. The van der Waals surface area contributed by atoms with Crippen molar-refractivity contribution in [1.82, 2.24) is 9.38 Å². The van der Waals surface area contributed by atoms with Crippen molar-refractivity contribution in [3.63, 3.8) is 0 Å². The van der Waals surface area contributed by atoms with Gasteiger partial charge in [0.15, 0.2) is 0 Å². The van der Waals surface area contributed by atoms with Crippen molar-refractivity contribution in [2.24, 2.45) is 0 Å². The van der Waals surface area contributed by atoms with E-state index in [2.05, 4.69) is 15.9 Å². The van der Waals surface area contributed by atoms with Crippen LogP contribution in [-0.4, -0.2) is 17.8 Å². The molecule has 1 aromatic carbocycles. The molecule has 1 atom stereocenters. The van der Waals surface area contributed by atoms with E-state index in [1.807, 2.05) is 26.8 Å². The maximum atomic E-state index is 13.5. The Morgan fingerprint density at radius 2 is 1.90 bits per heavy atom. The highest BCUT2D eigenvalue weighted by molar-refractivity contribution is 9.10. The van der Waals surface area contributed by atoms with Gasteiger partial charge in [0.25, 0.3) is 11.2 Å². The van der Waals surface area contributed by atoms with E-state index in [1.165, 1.54) is 22.6 Å². The summed E-state index contributed by atoms with van der Waals surface area (Å²) in [5.74, 6) is 0.0644. The number of sulfone groups is 1. The molecule has 9 heteroatoms. The number of nitrogens with two attached hydrogens (primary N) is 1. The zero-order valence-corrected chi connectivity index (χ0v) is 19.7. The van der Waals surface area contributed by atoms with Gasteiger partial charge in [0.2, 0.25) is 21.3 Å². The van der Waals surface area contributed by atoms with Crippen LogP contribution in [0, 0.1) is 6.92 Å². The predicted molar refractivity (Wildman–Crippen MR) is 123 cm³/mol. The number of benzene rings is 1. The molecule has 2 N–H and O–H groups in total. The zero-order chi connectivity index (χ0) is 22.5. The third-order valence-electron chi connectivity index (χ3n) is 5.52. The summed E-state index contributed by atoms with van der Waals surface area (Å²) in [4.78, 5) is 18.1. The number of anilines is 1. The van der Waals surface area contributed by atoms with Gasteiger partial charge in [-0.2, -0.15) is 0 Å². The smallest absolute Gasteiger partial charge is 0.278 e.